The van der Waals surface area contributed by atoms with Crippen molar-refractivity contribution < 1.29 is 9.90 Å². The first-order valence-corrected chi connectivity index (χ1v) is 6.80. The third-order valence-electron chi connectivity index (χ3n) is 2.35. The molecule has 0 bridgehead atoms. The second kappa shape index (κ2) is 5.54. The standard InChI is InChI=1S/C13H10BrNO2S/c1-8-6-10(3-4-11(8)13(16)17)18-12-5-2-9(14)7-15-12/h2-7H,1H3,(H,16,17). The molecule has 1 heterocycles. The fraction of sp³-hybridized carbons (Fsp3) is 0.0769. The van der Waals surface area contributed by atoms with Crippen LogP contribution in [0.2, 0.25) is 0 Å². The first kappa shape index (κ1) is 13.1. The van der Waals surface area contributed by atoms with Gasteiger partial charge in [0.1, 0.15) is 5.03 Å². The molecule has 0 atom stereocenters. The number of hydrogen-bond donors (Lipinski definition) is 1. The molecule has 0 amide bonds. The van der Waals surface area contributed by atoms with E-state index in [0.717, 1.165) is 20.0 Å². The summed E-state index contributed by atoms with van der Waals surface area (Å²) in [7, 11) is 0. The van der Waals surface area contributed by atoms with Crippen molar-refractivity contribution in [1.29, 1.82) is 0 Å². The Labute approximate surface area is 117 Å². The smallest absolute Gasteiger partial charge is 0.335 e. The van der Waals surface area contributed by atoms with E-state index >= 15 is 0 Å². The van der Waals surface area contributed by atoms with Gasteiger partial charge in [-0.3, -0.25) is 0 Å². The Bertz CT molecular complexity index is 584. The number of aryl methyl sites for hydroxylation is 1. The maximum Gasteiger partial charge on any atom is 0.335 e. The number of carboxylic acids is 1. The maximum absolute atomic E-state index is 10.9. The predicted octanol–water partition coefficient (Wildman–Crippen LogP) is 4.00. The van der Waals surface area contributed by atoms with Gasteiger partial charge in [0.15, 0.2) is 0 Å². The highest BCUT2D eigenvalue weighted by Crippen LogP contribution is 2.28. The third kappa shape index (κ3) is 3.11. The van der Waals surface area contributed by atoms with Crippen molar-refractivity contribution in [2.45, 2.75) is 16.8 Å². The van der Waals surface area contributed by atoms with Gasteiger partial charge < -0.3 is 5.11 Å². The zero-order valence-corrected chi connectivity index (χ0v) is 12.0. The highest BCUT2D eigenvalue weighted by atomic mass is 79.9. The summed E-state index contributed by atoms with van der Waals surface area (Å²) in [5.74, 6) is -0.897. The molecule has 0 spiro atoms. The lowest BCUT2D eigenvalue weighted by atomic mass is 10.1. The van der Waals surface area contributed by atoms with E-state index in [4.69, 9.17) is 5.11 Å². The number of aromatic nitrogens is 1. The molecule has 0 aliphatic heterocycles. The van der Waals surface area contributed by atoms with Crippen molar-refractivity contribution in [3.05, 3.63) is 52.1 Å². The summed E-state index contributed by atoms with van der Waals surface area (Å²) in [6.07, 6.45) is 1.74. The van der Waals surface area contributed by atoms with E-state index in [2.05, 4.69) is 20.9 Å². The Balaban J connectivity index is 2.22. The van der Waals surface area contributed by atoms with Crippen LogP contribution in [0, 0.1) is 6.92 Å². The first-order valence-electron chi connectivity index (χ1n) is 5.19. The Morgan fingerprint density at radius 2 is 2.11 bits per heavy atom. The molecule has 0 aliphatic rings. The molecule has 0 radical (unpaired) electrons. The monoisotopic (exact) mass is 323 g/mol. The summed E-state index contributed by atoms with van der Waals surface area (Å²) in [4.78, 5) is 16.1. The Hall–Kier alpha value is -1.33. The van der Waals surface area contributed by atoms with Crippen LogP contribution in [0.15, 0.2) is 50.9 Å². The van der Waals surface area contributed by atoms with Crippen molar-refractivity contribution >= 4 is 33.7 Å². The molecule has 18 heavy (non-hydrogen) atoms. The molecule has 0 saturated carbocycles. The summed E-state index contributed by atoms with van der Waals surface area (Å²) in [6.45, 7) is 1.79. The minimum atomic E-state index is -0.897. The van der Waals surface area contributed by atoms with Crippen molar-refractivity contribution in [1.82, 2.24) is 4.98 Å². The topological polar surface area (TPSA) is 50.2 Å². The summed E-state index contributed by atoms with van der Waals surface area (Å²) in [6, 6.07) is 9.12. The Morgan fingerprint density at radius 1 is 1.33 bits per heavy atom. The van der Waals surface area contributed by atoms with Crippen LogP contribution in [0.5, 0.6) is 0 Å². The van der Waals surface area contributed by atoms with Crippen LogP contribution in [-0.4, -0.2) is 16.1 Å². The largest absolute Gasteiger partial charge is 0.478 e. The second-order valence-corrected chi connectivity index (χ2v) is 5.71. The molecule has 0 unspecified atom stereocenters. The normalized spacial score (nSPS) is 10.3. The molecule has 0 saturated heterocycles. The molecule has 0 fully saturated rings. The fourth-order valence-corrected chi connectivity index (χ4v) is 2.57. The molecular weight excluding hydrogens is 314 g/mol. The molecule has 1 aromatic heterocycles. The lowest BCUT2D eigenvalue weighted by Gasteiger charge is -2.05. The molecule has 1 N–H and O–H groups in total. The number of carbonyl (C=O) groups is 1. The van der Waals surface area contributed by atoms with Gasteiger partial charge in [-0.2, -0.15) is 0 Å². The quantitative estimate of drug-likeness (QED) is 0.927. The number of halogens is 1. The van der Waals surface area contributed by atoms with Gasteiger partial charge in [0.05, 0.1) is 5.56 Å². The maximum atomic E-state index is 10.9. The highest BCUT2D eigenvalue weighted by molar-refractivity contribution is 9.10. The molecule has 0 aliphatic carbocycles. The van der Waals surface area contributed by atoms with E-state index in [0.29, 0.717) is 5.56 Å². The molecule has 5 heteroatoms. The van der Waals surface area contributed by atoms with Crippen LogP contribution in [0.1, 0.15) is 15.9 Å². The van der Waals surface area contributed by atoms with Gasteiger partial charge in [-0.05, 0) is 58.7 Å². The predicted molar refractivity (Wildman–Crippen MR) is 74.2 cm³/mol. The van der Waals surface area contributed by atoms with Gasteiger partial charge in [-0.1, -0.05) is 11.8 Å². The summed E-state index contributed by atoms with van der Waals surface area (Å²) in [5.41, 5.74) is 1.09. The Morgan fingerprint density at radius 3 is 2.67 bits per heavy atom. The van der Waals surface area contributed by atoms with Gasteiger partial charge in [-0.25, -0.2) is 9.78 Å². The van der Waals surface area contributed by atoms with Crippen molar-refractivity contribution in [3.8, 4) is 0 Å². The highest BCUT2D eigenvalue weighted by Gasteiger charge is 2.08. The SMILES string of the molecule is Cc1cc(Sc2ccc(Br)cn2)ccc1C(=O)O. The minimum Gasteiger partial charge on any atom is -0.478 e. The zero-order chi connectivity index (χ0) is 13.1. The summed E-state index contributed by atoms with van der Waals surface area (Å²) < 4.78 is 0.934. The number of aromatic carboxylic acids is 1. The average molecular weight is 324 g/mol. The van der Waals surface area contributed by atoms with Crippen LogP contribution in [-0.2, 0) is 0 Å². The van der Waals surface area contributed by atoms with Crippen LogP contribution in [0.4, 0.5) is 0 Å². The van der Waals surface area contributed by atoms with E-state index in [-0.39, 0.29) is 0 Å². The van der Waals surface area contributed by atoms with Crippen molar-refractivity contribution in [2.24, 2.45) is 0 Å². The van der Waals surface area contributed by atoms with Gasteiger partial charge in [-0.15, -0.1) is 0 Å². The fourth-order valence-electron chi connectivity index (χ4n) is 1.48. The number of nitrogens with zero attached hydrogens (tertiary/aromatic N) is 1. The molecular formula is C13H10BrNO2S. The lowest BCUT2D eigenvalue weighted by Crippen LogP contribution is -1.99. The number of pyridine rings is 1. The molecule has 2 aromatic rings. The van der Waals surface area contributed by atoms with Crippen LogP contribution < -0.4 is 0 Å². The van der Waals surface area contributed by atoms with Crippen molar-refractivity contribution in [2.75, 3.05) is 0 Å². The number of benzene rings is 1. The van der Waals surface area contributed by atoms with Gasteiger partial charge in [0, 0.05) is 15.6 Å². The van der Waals surface area contributed by atoms with Crippen LogP contribution in [0.25, 0.3) is 0 Å². The second-order valence-electron chi connectivity index (χ2n) is 3.70. The molecule has 1 aromatic carbocycles. The van der Waals surface area contributed by atoms with E-state index in [1.807, 2.05) is 18.2 Å². The molecule has 92 valence electrons. The number of hydrogen-bond acceptors (Lipinski definition) is 3. The zero-order valence-electron chi connectivity index (χ0n) is 9.55. The molecule has 2 rings (SSSR count). The summed E-state index contributed by atoms with van der Waals surface area (Å²) in [5, 5.41) is 9.83. The summed E-state index contributed by atoms with van der Waals surface area (Å²) >= 11 is 4.84. The average Bonchev–Trinajstić information content (AvgIpc) is 2.32. The van der Waals surface area contributed by atoms with Gasteiger partial charge in [0.2, 0.25) is 0 Å². The molecule has 3 nitrogen and oxygen atoms in total. The van der Waals surface area contributed by atoms with Crippen LogP contribution in [0.3, 0.4) is 0 Å². The minimum absolute atomic E-state index is 0.336. The Kier molecular flexibility index (Phi) is 4.04. The van der Waals surface area contributed by atoms with E-state index in [9.17, 15) is 4.79 Å². The first-order chi connectivity index (χ1) is 8.56. The number of rotatable bonds is 3. The van der Waals surface area contributed by atoms with E-state index in [1.165, 1.54) is 11.8 Å². The van der Waals surface area contributed by atoms with E-state index < -0.39 is 5.97 Å². The number of carboxylic acid groups (broad SMARTS) is 1. The van der Waals surface area contributed by atoms with Gasteiger partial charge >= 0.3 is 5.97 Å². The van der Waals surface area contributed by atoms with Crippen molar-refractivity contribution in [3.63, 3.8) is 0 Å². The lowest BCUT2D eigenvalue weighted by molar-refractivity contribution is 0.0696. The van der Waals surface area contributed by atoms with Crippen LogP contribution >= 0.6 is 27.7 Å². The van der Waals surface area contributed by atoms with E-state index in [1.54, 1.807) is 25.3 Å². The third-order valence-corrected chi connectivity index (χ3v) is 3.76. The van der Waals surface area contributed by atoms with Gasteiger partial charge in [0.25, 0.3) is 0 Å².